The highest BCUT2D eigenvalue weighted by Gasteiger charge is 2.09. The van der Waals surface area contributed by atoms with Crippen molar-refractivity contribution in [2.45, 2.75) is 40.0 Å². The van der Waals surface area contributed by atoms with Gasteiger partial charge in [0, 0.05) is 25.2 Å². The van der Waals surface area contributed by atoms with Crippen molar-refractivity contribution >= 4 is 5.97 Å². The van der Waals surface area contributed by atoms with Crippen LogP contribution in [0.1, 0.15) is 40.0 Å². The Morgan fingerprint density at radius 3 is 2.12 bits per heavy atom. The van der Waals surface area contributed by atoms with E-state index in [1.807, 2.05) is 13.8 Å². The van der Waals surface area contributed by atoms with E-state index in [1.165, 1.54) is 0 Å². The van der Waals surface area contributed by atoms with Gasteiger partial charge in [-0.15, -0.1) is 0 Å². The first-order chi connectivity index (χ1) is 8.11. The van der Waals surface area contributed by atoms with Crippen molar-refractivity contribution in [3.8, 4) is 0 Å². The first kappa shape index (κ1) is 16.1. The highest BCUT2D eigenvalue weighted by Crippen LogP contribution is 2.14. The zero-order chi connectivity index (χ0) is 13.1. The summed E-state index contributed by atoms with van der Waals surface area (Å²) in [7, 11) is 0. The van der Waals surface area contributed by atoms with Crippen LogP contribution >= 0.6 is 0 Å². The molecule has 0 unspecified atom stereocenters. The van der Waals surface area contributed by atoms with Crippen LogP contribution in [-0.4, -0.2) is 25.8 Å². The largest absolute Gasteiger partial charge is 0.462 e. The van der Waals surface area contributed by atoms with Crippen LogP contribution in [0.4, 0.5) is 0 Å². The van der Waals surface area contributed by atoms with E-state index < -0.39 is 0 Å². The van der Waals surface area contributed by atoms with Gasteiger partial charge in [0.1, 0.15) is 0 Å². The van der Waals surface area contributed by atoms with Crippen molar-refractivity contribution in [2.24, 2.45) is 0 Å². The Hall–Kier alpha value is -0.870. The summed E-state index contributed by atoms with van der Waals surface area (Å²) in [6, 6.07) is 0. The standard InChI is InChI=1S/C13H23O4/c1-5-15-12(16-6-2)9-7-8-10-17-13(14)11(3)4/h3,5-10H2,1-2,4H3. The number of hydrogen-bond donors (Lipinski definition) is 0. The molecule has 0 aromatic rings. The molecule has 0 amide bonds. The number of carbonyl (C=O) groups excluding carboxylic acids is 1. The van der Waals surface area contributed by atoms with Gasteiger partial charge in [-0.05, 0) is 33.6 Å². The third-order valence-corrected chi connectivity index (χ3v) is 1.97. The lowest BCUT2D eigenvalue weighted by atomic mass is 10.2. The second-order valence-corrected chi connectivity index (χ2v) is 3.61. The number of carbonyl (C=O) groups is 1. The fourth-order valence-electron chi connectivity index (χ4n) is 1.17. The molecular weight excluding hydrogens is 220 g/mol. The quantitative estimate of drug-likeness (QED) is 0.336. The van der Waals surface area contributed by atoms with Crippen molar-refractivity contribution in [1.29, 1.82) is 0 Å². The highest BCUT2D eigenvalue weighted by molar-refractivity contribution is 5.86. The second-order valence-electron chi connectivity index (χ2n) is 3.61. The topological polar surface area (TPSA) is 44.8 Å². The summed E-state index contributed by atoms with van der Waals surface area (Å²) in [5.41, 5.74) is 0.431. The number of rotatable bonds is 10. The average Bonchev–Trinajstić information content (AvgIpc) is 2.28. The molecule has 0 rings (SSSR count). The van der Waals surface area contributed by atoms with Crippen molar-refractivity contribution in [1.82, 2.24) is 0 Å². The summed E-state index contributed by atoms with van der Waals surface area (Å²) >= 11 is 0. The zero-order valence-electron chi connectivity index (χ0n) is 11.1. The third-order valence-electron chi connectivity index (χ3n) is 1.97. The fourth-order valence-corrected chi connectivity index (χ4v) is 1.17. The Bertz CT molecular complexity index is 219. The van der Waals surface area contributed by atoms with Gasteiger partial charge in [-0.1, -0.05) is 6.58 Å². The van der Waals surface area contributed by atoms with Crippen LogP contribution in [0.5, 0.6) is 0 Å². The Kier molecular flexibility index (Phi) is 9.77. The number of ether oxygens (including phenoxy) is 3. The van der Waals surface area contributed by atoms with Gasteiger partial charge in [0.2, 0.25) is 6.29 Å². The molecule has 0 atom stereocenters. The van der Waals surface area contributed by atoms with E-state index in [0.29, 0.717) is 31.7 Å². The lowest BCUT2D eigenvalue weighted by Crippen LogP contribution is -2.10. The summed E-state index contributed by atoms with van der Waals surface area (Å²) in [5, 5.41) is 0. The zero-order valence-corrected chi connectivity index (χ0v) is 11.1. The normalized spacial score (nSPS) is 10.6. The Morgan fingerprint density at radius 2 is 1.65 bits per heavy atom. The molecule has 0 aliphatic rings. The van der Waals surface area contributed by atoms with E-state index in [0.717, 1.165) is 19.3 Å². The van der Waals surface area contributed by atoms with E-state index in [2.05, 4.69) is 6.58 Å². The summed E-state index contributed by atoms with van der Waals surface area (Å²) in [6.45, 7) is 10.6. The van der Waals surface area contributed by atoms with E-state index in [1.54, 1.807) is 6.92 Å². The molecule has 0 bridgehead atoms. The minimum absolute atomic E-state index is 0.330. The smallest absolute Gasteiger partial charge is 0.333 e. The predicted octanol–water partition coefficient (Wildman–Crippen LogP) is 2.84. The molecule has 0 aliphatic heterocycles. The Balaban J connectivity index is 3.54. The SMILES string of the molecule is C=C(C)C(=O)OCCCC[C](OCC)OCC. The molecular formula is C13H23O4. The second kappa shape index (κ2) is 10.3. The van der Waals surface area contributed by atoms with Gasteiger partial charge in [-0.25, -0.2) is 4.79 Å². The Morgan fingerprint density at radius 1 is 1.06 bits per heavy atom. The third kappa shape index (κ3) is 8.89. The van der Waals surface area contributed by atoms with E-state index in [-0.39, 0.29) is 5.97 Å². The molecule has 0 fully saturated rings. The minimum Gasteiger partial charge on any atom is -0.462 e. The van der Waals surface area contributed by atoms with Crippen molar-refractivity contribution in [3.05, 3.63) is 18.4 Å². The van der Waals surface area contributed by atoms with E-state index in [9.17, 15) is 4.79 Å². The minimum atomic E-state index is -0.330. The molecule has 0 N–H and O–H groups in total. The number of unbranched alkanes of at least 4 members (excludes halogenated alkanes) is 1. The molecule has 17 heavy (non-hydrogen) atoms. The Labute approximate surface area is 104 Å². The van der Waals surface area contributed by atoms with Crippen LogP contribution < -0.4 is 0 Å². The van der Waals surface area contributed by atoms with Crippen LogP contribution in [0.15, 0.2) is 12.2 Å². The number of hydrogen-bond acceptors (Lipinski definition) is 4. The molecule has 0 aliphatic carbocycles. The molecule has 0 aromatic carbocycles. The highest BCUT2D eigenvalue weighted by atomic mass is 16.7. The van der Waals surface area contributed by atoms with Gasteiger partial charge in [-0.3, -0.25) is 0 Å². The van der Waals surface area contributed by atoms with Gasteiger partial charge in [0.15, 0.2) is 0 Å². The molecule has 4 heteroatoms. The van der Waals surface area contributed by atoms with Crippen LogP contribution in [-0.2, 0) is 19.0 Å². The molecule has 0 spiro atoms. The monoisotopic (exact) mass is 243 g/mol. The van der Waals surface area contributed by atoms with Crippen molar-refractivity contribution in [2.75, 3.05) is 19.8 Å². The first-order valence-electron chi connectivity index (χ1n) is 6.05. The van der Waals surface area contributed by atoms with Gasteiger partial charge in [-0.2, -0.15) is 0 Å². The van der Waals surface area contributed by atoms with Crippen LogP contribution in [0, 0.1) is 6.29 Å². The maximum atomic E-state index is 11.1. The van der Waals surface area contributed by atoms with Crippen LogP contribution in [0.3, 0.4) is 0 Å². The summed E-state index contributed by atoms with van der Waals surface area (Å²) in [5.74, 6) is -0.330. The van der Waals surface area contributed by atoms with Crippen LogP contribution in [0.2, 0.25) is 0 Å². The maximum absolute atomic E-state index is 11.1. The van der Waals surface area contributed by atoms with Gasteiger partial charge in [0.05, 0.1) is 6.61 Å². The molecule has 0 saturated heterocycles. The maximum Gasteiger partial charge on any atom is 0.333 e. The first-order valence-corrected chi connectivity index (χ1v) is 6.05. The van der Waals surface area contributed by atoms with E-state index >= 15 is 0 Å². The lowest BCUT2D eigenvalue weighted by molar-refractivity contribution is -0.139. The summed E-state index contributed by atoms with van der Waals surface area (Å²) < 4.78 is 15.6. The summed E-state index contributed by atoms with van der Waals surface area (Å²) in [6.07, 6.45) is 3.08. The molecule has 99 valence electrons. The molecule has 0 heterocycles. The summed E-state index contributed by atoms with van der Waals surface area (Å²) in [4.78, 5) is 11.1. The number of esters is 1. The lowest BCUT2D eigenvalue weighted by Gasteiger charge is -2.14. The molecule has 4 nitrogen and oxygen atoms in total. The van der Waals surface area contributed by atoms with Crippen molar-refractivity contribution < 1.29 is 19.0 Å². The molecule has 1 radical (unpaired) electrons. The van der Waals surface area contributed by atoms with Gasteiger partial charge < -0.3 is 14.2 Å². The average molecular weight is 243 g/mol. The van der Waals surface area contributed by atoms with Crippen LogP contribution in [0.25, 0.3) is 0 Å². The molecule has 0 aromatic heterocycles. The van der Waals surface area contributed by atoms with Gasteiger partial charge in [0.25, 0.3) is 0 Å². The predicted molar refractivity (Wildman–Crippen MR) is 66.1 cm³/mol. The van der Waals surface area contributed by atoms with Crippen molar-refractivity contribution in [3.63, 3.8) is 0 Å². The fraction of sp³-hybridized carbons (Fsp3) is 0.692. The van der Waals surface area contributed by atoms with E-state index in [4.69, 9.17) is 14.2 Å². The molecule has 0 saturated carbocycles. The van der Waals surface area contributed by atoms with Gasteiger partial charge >= 0.3 is 5.97 Å².